The van der Waals surface area contributed by atoms with Gasteiger partial charge in [0.1, 0.15) is 5.75 Å². The Hall–Kier alpha value is -1.52. The van der Waals surface area contributed by atoms with Crippen LogP contribution in [0.5, 0.6) is 10.8 Å². The lowest BCUT2D eigenvalue weighted by molar-refractivity contribution is 0.102. The number of nitrogens with one attached hydrogen (secondary N) is 1. The maximum Gasteiger partial charge on any atom is 0.259 e. The second kappa shape index (κ2) is 4.30. The summed E-state index contributed by atoms with van der Waals surface area (Å²) in [7, 11) is 0. The van der Waals surface area contributed by atoms with Crippen LogP contribution in [0.2, 0.25) is 5.02 Å². The molecule has 5 heteroatoms. The van der Waals surface area contributed by atoms with E-state index in [1.165, 1.54) is 4.88 Å². The average Bonchev–Trinajstić information content (AvgIpc) is 2.68. The molecule has 2 heterocycles. The molecule has 18 heavy (non-hydrogen) atoms. The minimum Gasteiger partial charge on any atom is -0.444 e. The standard InChI is InChI=1S/C13H10ClNO2S/c1-2-8-6-10-13(18-8)17-11-4-3-7(14)5-9(11)12(16)15-10/h3-6H,2H2,1H3,(H,15,16). The van der Waals surface area contributed by atoms with Crippen molar-refractivity contribution in [3.63, 3.8) is 0 Å². The van der Waals surface area contributed by atoms with Crippen LogP contribution in [-0.2, 0) is 6.42 Å². The molecule has 0 saturated carbocycles. The Kier molecular flexibility index (Phi) is 2.76. The lowest BCUT2D eigenvalue weighted by atomic mass is 10.2. The normalized spacial score (nSPS) is 13.1. The SMILES string of the molecule is CCc1cc2c(s1)Oc1ccc(Cl)cc1C(=O)N2. The highest BCUT2D eigenvalue weighted by molar-refractivity contribution is 7.14. The molecular weight excluding hydrogens is 270 g/mol. The predicted molar refractivity (Wildman–Crippen MR) is 73.2 cm³/mol. The number of carbonyl (C=O) groups is 1. The molecule has 3 rings (SSSR count). The summed E-state index contributed by atoms with van der Waals surface area (Å²) >= 11 is 7.44. The zero-order valence-electron chi connectivity index (χ0n) is 9.62. The molecule has 0 bridgehead atoms. The van der Waals surface area contributed by atoms with Crippen molar-refractivity contribution in [2.75, 3.05) is 5.32 Å². The van der Waals surface area contributed by atoms with E-state index in [1.807, 2.05) is 6.07 Å². The van der Waals surface area contributed by atoms with Gasteiger partial charge in [0.25, 0.3) is 5.91 Å². The van der Waals surface area contributed by atoms with E-state index in [-0.39, 0.29) is 5.91 Å². The molecule has 0 radical (unpaired) electrons. The Bertz CT molecular complexity index is 636. The minimum absolute atomic E-state index is 0.188. The van der Waals surface area contributed by atoms with Crippen molar-refractivity contribution in [3.05, 3.63) is 39.7 Å². The Morgan fingerprint density at radius 3 is 3.00 bits per heavy atom. The molecule has 1 aliphatic rings. The van der Waals surface area contributed by atoms with E-state index in [0.29, 0.717) is 16.3 Å². The van der Waals surface area contributed by atoms with Crippen LogP contribution in [0.3, 0.4) is 0 Å². The third kappa shape index (κ3) is 1.87. The van der Waals surface area contributed by atoms with Crippen LogP contribution in [0, 0.1) is 0 Å². The maximum atomic E-state index is 12.1. The number of hydrogen-bond acceptors (Lipinski definition) is 3. The van der Waals surface area contributed by atoms with Gasteiger partial charge in [-0.2, -0.15) is 0 Å². The summed E-state index contributed by atoms with van der Waals surface area (Å²) in [6.45, 7) is 2.07. The monoisotopic (exact) mass is 279 g/mol. The van der Waals surface area contributed by atoms with Crippen molar-refractivity contribution < 1.29 is 9.53 Å². The van der Waals surface area contributed by atoms with Crippen LogP contribution in [0.15, 0.2) is 24.3 Å². The first-order chi connectivity index (χ1) is 8.67. The molecular formula is C13H10ClNO2S. The molecule has 1 N–H and O–H groups in total. The van der Waals surface area contributed by atoms with E-state index in [9.17, 15) is 4.79 Å². The van der Waals surface area contributed by atoms with Crippen molar-refractivity contribution in [1.29, 1.82) is 0 Å². The summed E-state index contributed by atoms with van der Waals surface area (Å²) in [6, 6.07) is 7.00. The molecule has 1 amide bonds. The van der Waals surface area contributed by atoms with Gasteiger partial charge in [0, 0.05) is 9.90 Å². The Morgan fingerprint density at radius 2 is 2.22 bits per heavy atom. The van der Waals surface area contributed by atoms with Crippen LogP contribution in [0.25, 0.3) is 0 Å². The minimum atomic E-state index is -0.188. The molecule has 1 aliphatic heterocycles. The number of rotatable bonds is 1. The summed E-state index contributed by atoms with van der Waals surface area (Å²) in [5.74, 6) is 0.354. The van der Waals surface area contributed by atoms with Crippen LogP contribution >= 0.6 is 22.9 Å². The second-order valence-electron chi connectivity index (χ2n) is 3.96. The first-order valence-corrected chi connectivity index (χ1v) is 6.78. The molecule has 92 valence electrons. The number of ether oxygens (including phenoxy) is 1. The summed E-state index contributed by atoms with van der Waals surface area (Å²) in [5.41, 5.74) is 1.19. The number of benzene rings is 1. The zero-order valence-corrected chi connectivity index (χ0v) is 11.2. The number of thiophene rings is 1. The van der Waals surface area contributed by atoms with Gasteiger partial charge in [0.15, 0.2) is 0 Å². The van der Waals surface area contributed by atoms with E-state index in [2.05, 4.69) is 12.2 Å². The van der Waals surface area contributed by atoms with E-state index < -0.39 is 0 Å². The maximum absolute atomic E-state index is 12.1. The van der Waals surface area contributed by atoms with Crippen molar-refractivity contribution in [2.45, 2.75) is 13.3 Å². The smallest absolute Gasteiger partial charge is 0.259 e. The fourth-order valence-electron chi connectivity index (χ4n) is 1.82. The van der Waals surface area contributed by atoms with Crippen LogP contribution < -0.4 is 10.1 Å². The van der Waals surface area contributed by atoms with Gasteiger partial charge in [-0.05, 0) is 30.7 Å². The van der Waals surface area contributed by atoms with E-state index in [1.54, 1.807) is 29.5 Å². The topological polar surface area (TPSA) is 38.3 Å². The third-order valence-corrected chi connectivity index (χ3v) is 4.13. The van der Waals surface area contributed by atoms with Crippen molar-refractivity contribution in [2.24, 2.45) is 0 Å². The number of aryl methyl sites for hydroxylation is 1. The number of fused-ring (bicyclic) bond motifs is 2. The van der Waals surface area contributed by atoms with Gasteiger partial charge < -0.3 is 10.1 Å². The number of halogens is 1. The van der Waals surface area contributed by atoms with Gasteiger partial charge >= 0.3 is 0 Å². The first-order valence-electron chi connectivity index (χ1n) is 5.59. The second-order valence-corrected chi connectivity index (χ2v) is 5.50. The highest BCUT2D eigenvalue weighted by Crippen LogP contribution is 2.42. The molecule has 0 atom stereocenters. The third-order valence-electron chi connectivity index (χ3n) is 2.73. The highest BCUT2D eigenvalue weighted by Gasteiger charge is 2.22. The molecule has 3 nitrogen and oxygen atoms in total. The average molecular weight is 280 g/mol. The number of anilines is 1. The first kappa shape index (κ1) is 11.6. The molecule has 1 aromatic carbocycles. The molecule has 0 saturated heterocycles. The van der Waals surface area contributed by atoms with Crippen LogP contribution in [0.4, 0.5) is 5.69 Å². The van der Waals surface area contributed by atoms with Gasteiger partial charge in [-0.15, -0.1) is 11.3 Å². The molecule has 0 unspecified atom stereocenters. The molecule has 0 spiro atoms. The zero-order chi connectivity index (χ0) is 12.7. The Labute approximate surface area is 113 Å². The van der Waals surface area contributed by atoms with Gasteiger partial charge in [-0.25, -0.2) is 0 Å². The van der Waals surface area contributed by atoms with Crippen molar-refractivity contribution >= 4 is 34.5 Å². The van der Waals surface area contributed by atoms with Crippen molar-refractivity contribution in [3.8, 4) is 10.8 Å². The molecule has 0 aliphatic carbocycles. The Balaban J connectivity index is 2.11. The lowest BCUT2D eigenvalue weighted by Crippen LogP contribution is -2.10. The quantitative estimate of drug-likeness (QED) is 0.844. The fourth-order valence-corrected chi connectivity index (χ4v) is 2.90. The molecule has 1 aromatic heterocycles. The van der Waals surface area contributed by atoms with Gasteiger partial charge in [0.05, 0.1) is 11.3 Å². The molecule has 2 aromatic rings. The largest absolute Gasteiger partial charge is 0.444 e. The number of carbonyl (C=O) groups excluding carboxylic acids is 1. The van der Waals surface area contributed by atoms with E-state index in [0.717, 1.165) is 17.2 Å². The summed E-state index contributed by atoms with van der Waals surface area (Å²) in [5, 5.41) is 4.09. The van der Waals surface area contributed by atoms with Crippen LogP contribution in [-0.4, -0.2) is 5.91 Å². The summed E-state index contributed by atoms with van der Waals surface area (Å²) in [4.78, 5) is 13.3. The number of hydrogen-bond donors (Lipinski definition) is 1. The number of amides is 1. The van der Waals surface area contributed by atoms with E-state index >= 15 is 0 Å². The van der Waals surface area contributed by atoms with Crippen LogP contribution in [0.1, 0.15) is 22.2 Å². The van der Waals surface area contributed by atoms with Gasteiger partial charge in [-0.1, -0.05) is 18.5 Å². The lowest BCUT2D eigenvalue weighted by Gasteiger charge is -2.04. The van der Waals surface area contributed by atoms with Gasteiger partial charge in [0.2, 0.25) is 5.06 Å². The molecule has 0 fully saturated rings. The van der Waals surface area contributed by atoms with E-state index in [4.69, 9.17) is 16.3 Å². The predicted octanol–water partition coefficient (Wildman–Crippen LogP) is 4.32. The van der Waals surface area contributed by atoms with Crippen molar-refractivity contribution in [1.82, 2.24) is 0 Å². The summed E-state index contributed by atoms with van der Waals surface area (Å²) in [6.07, 6.45) is 0.921. The fraction of sp³-hybridized carbons (Fsp3) is 0.154. The van der Waals surface area contributed by atoms with Gasteiger partial charge in [-0.3, -0.25) is 4.79 Å². The Morgan fingerprint density at radius 1 is 1.39 bits per heavy atom. The highest BCUT2D eigenvalue weighted by atomic mass is 35.5. The summed E-state index contributed by atoms with van der Waals surface area (Å²) < 4.78 is 5.79.